The molecule has 1 heterocycles. The quantitative estimate of drug-likeness (QED) is 0.0433. The maximum absolute atomic E-state index is 14.9. The van der Waals surface area contributed by atoms with Crippen LogP contribution in [0, 0.1) is 0 Å². The predicted octanol–water partition coefficient (Wildman–Crippen LogP) is 7.80. The molecular formula is C43H43N5O6. The highest BCUT2D eigenvalue weighted by molar-refractivity contribution is 6.01. The van der Waals surface area contributed by atoms with Crippen molar-refractivity contribution < 1.29 is 28.8 Å². The molecular weight excluding hydrogens is 683 g/mol. The van der Waals surface area contributed by atoms with Gasteiger partial charge in [-0.3, -0.25) is 4.79 Å². The van der Waals surface area contributed by atoms with Crippen molar-refractivity contribution >= 4 is 11.8 Å². The second-order valence-electron chi connectivity index (χ2n) is 12.8. The lowest BCUT2D eigenvalue weighted by molar-refractivity contribution is -0.128. The molecule has 54 heavy (non-hydrogen) atoms. The number of carbonyl (C=O) groups excluding carboxylic acids is 1. The van der Waals surface area contributed by atoms with Crippen molar-refractivity contribution in [1.82, 2.24) is 5.32 Å². The van der Waals surface area contributed by atoms with E-state index in [9.17, 15) is 4.79 Å². The summed E-state index contributed by atoms with van der Waals surface area (Å²) in [6, 6.07) is 38.6. The van der Waals surface area contributed by atoms with E-state index in [0.717, 1.165) is 33.4 Å². The summed E-state index contributed by atoms with van der Waals surface area (Å²) in [7, 11) is 3.22. The third-order valence-corrected chi connectivity index (χ3v) is 9.40. The van der Waals surface area contributed by atoms with E-state index < -0.39 is 11.6 Å². The SMILES string of the molecule is COc1ccc(OC)c(CCNC(=O)[C@]2(Cc3ccccc3CN=[N+]=[N-])N=C(c3ccc(OCCCO)cc3)O[C@@H]2c2ccc(-c3ccccc3)cc2)c1. The minimum atomic E-state index is -1.47. The van der Waals surface area contributed by atoms with Crippen LogP contribution in [0.2, 0.25) is 0 Å². The van der Waals surface area contributed by atoms with E-state index in [4.69, 9.17) is 34.6 Å². The summed E-state index contributed by atoms with van der Waals surface area (Å²) in [5.41, 5.74) is 13.7. The number of aliphatic hydroxyl groups is 1. The number of ether oxygens (including phenoxy) is 4. The molecule has 1 amide bonds. The first-order valence-electron chi connectivity index (χ1n) is 17.8. The van der Waals surface area contributed by atoms with Gasteiger partial charge in [0.25, 0.3) is 5.91 Å². The van der Waals surface area contributed by atoms with Gasteiger partial charge in [-0.1, -0.05) is 84.0 Å². The Morgan fingerprint density at radius 2 is 1.54 bits per heavy atom. The summed E-state index contributed by atoms with van der Waals surface area (Å²) in [4.78, 5) is 23.1. The van der Waals surface area contributed by atoms with Gasteiger partial charge in [0.2, 0.25) is 5.90 Å². The summed E-state index contributed by atoms with van der Waals surface area (Å²) in [5.74, 6) is 2.01. The molecule has 276 valence electrons. The third kappa shape index (κ3) is 8.66. The van der Waals surface area contributed by atoms with E-state index in [2.05, 4.69) is 27.5 Å². The van der Waals surface area contributed by atoms with E-state index in [1.54, 1.807) is 14.2 Å². The Bertz CT molecular complexity index is 2100. The number of nitrogens with one attached hydrogen (secondary N) is 1. The molecule has 5 aromatic rings. The number of benzene rings is 5. The summed E-state index contributed by atoms with van der Waals surface area (Å²) < 4.78 is 23.6. The number of azide groups is 1. The Labute approximate surface area is 314 Å². The molecule has 0 aliphatic carbocycles. The molecule has 0 bridgehead atoms. The highest BCUT2D eigenvalue weighted by atomic mass is 16.5. The number of amides is 1. The van der Waals surface area contributed by atoms with Crippen molar-refractivity contribution in [1.29, 1.82) is 0 Å². The van der Waals surface area contributed by atoms with E-state index in [1.807, 2.05) is 109 Å². The van der Waals surface area contributed by atoms with Crippen LogP contribution in [0.25, 0.3) is 21.6 Å². The lowest BCUT2D eigenvalue weighted by Crippen LogP contribution is -2.50. The molecule has 0 fully saturated rings. The van der Waals surface area contributed by atoms with Crippen LogP contribution in [0.3, 0.4) is 0 Å². The normalized spacial score (nSPS) is 16.1. The molecule has 0 spiro atoms. The fraction of sp³-hybridized carbons (Fsp3) is 0.256. The fourth-order valence-electron chi connectivity index (χ4n) is 6.59. The molecule has 0 saturated carbocycles. The molecule has 11 heteroatoms. The molecule has 11 nitrogen and oxygen atoms in total. The first kappa shape index (κ1) is 37.5. The lowest BCUT2D eigenvalue weighted by atomic mass is 9.80. The second kappa shape index (κ2) is 18.0. The number of hydrogen-bond acceptors (Lipinski definition) is 8. The average molecular weight is 726 g/mol. The summed E-state index contributed by atoms with van der Waals surface area (Å²) in [5, 5.41) is 16.2. The third-order valence-electron chi connectivity index (χ3n) is 9.40. The summed E-state index contributed by atoms with van der Waals surface area (Å²) >= 11 is 0. The zero-order chi connectivity index (χ0) is 37.8. The van der Waals surface area contributed by atoms with Gasteiger partial charge in [0.05, 0.1) is 27.4 Å². The number of nitrogens with zero attached hydrogens (tertiary/aromatic N) is 4. The van der Waals surface area contributed by atoms with Crippen molar-refractivity contribution in [3.63, 3.8) is 0 Å². The van der Waals surface area contributed by atoms with Crippen LogP contribution in [-0.2, 0) is 28.9 Å². The average Bonchev–Trinajstić information content (AvgIpc) is 3.61. The smallest absolute Gasteiger partial charge is 0.252 e. The highest BCUT2D eigenvalue weighted by Crippen LogP contribution is 2.43. The fourth-order valence-corrected chi connectivity index (χ4v) is 6.59. The summed E-state index contributed by atoms with van der Waals surface area (Å²) in [6.07, 6.45) is 0.333. The minimum absolute atomic E-state index is 0.0413. The van der Waals surface area contributed by atoms with Gasteiger partial charge >= 0.3 is 0 Å². The molecule has 2 N–H and O–H groups in total. The predicted molar refractivity (Wildman–Crippen MR) is 208 cm³/mol. The Hall–Kier alpha value is -6.29. The van der Waals surface area contributed by atoms with Gasteiger partial charge in [-0.15, -0.1) is 0 Å². The summed E-state index contributed by atoms with van der Waals surface area (Å²) in [6.45, 7) is 0.828. The van der Waals surface area contributed by atoms with Gasteiger partial charge in [0.15, 0.2) is 11.6 Å². The van der Waals surface area contributed by atoms with Gasteiger partial charge in [0.1, 0.15) is 17.2 Å². The van der Waals surface area contributed by atoms with Crippen LogP contribution in [0.15, 0.2) is 131 Å². The van der Waals surface area contributed by atoms with Crippen molar-refractivity contribution in [2.75, 3.05) is 34.0 Å². The Balaban J connectivity index is 1.42. The Morgan fingerprint density at radius 3 is 2.24 bits per heavy atom. The van der Waals surface area contributed by atoms with Crippen molar-refractivity contribution in [2.45, 2.75) is 37.5 Å². The first-order valence-corrected chi connectivity index (χ1v) is 17.8. The number of rotatable bonds is 17. The zero-order valence-corrected chi connectivity index (χ0v) is 30.4. The van der Waals surface area contributed by atoms with E-state index >= 15 is 0 Å². The van der Waals surface area contributed by atoms with Gasteiger partial charge in [0, 0.05) is 36.5 Å². The topological polar surface area (TPSA) is 147 Å². The number of hydrogen-bond donors (Lipinski definition) is 2. The van der Waals surface area contributed by atoms with Gasteiger partial charge < -0.3 is 29.4 Å². The maximum atomic E-state index is 14.9. The van der Waals surface area contributed by atoms with Crippen LogP contribution >= 0.6 is 0 Å². The molecule has 2 atom stereocenters. The number of aliphatic imine (C=N–C) groups is 1. The highest BCUT2D eigenvalue weighted by Gasteiger charge is 2.53. The molecule has 0 saturated heterocycles. The molecule has 1 aliphatic heterocycles. The molecule has 0 aromatic heterocycles. The number of aliphatic hydroxyl groups excluding tert-OH is 1. The number of carbonyl (C=O) groups is 1. The van der Waals surface area contributed by atoms with Crippen LogP contribution in [-0.4, -0.2) is 56.4 Å². The molecule has 6 rings (SSSR count). The largest absolute Gasteiger partial charge is 0.497 e. The Kier molecular flexibility index (Phi) is 12.5. The van der Waals surface area contributed by atoms with Crippen molar-refractivity contribution in [3.05, 3.63) is 160 Å². The monoisotopic (exact) mass is 725 g/mol. The second-order valence-corrected chi connectivity index (χ2v) is 12.8. The lowest BCUT2D eigenvalue weighted by Gasteiger charge is -2.31. The molecule has 0 unspecified atom stereocenters. The standard InChI is InChI=1S/C43H43N5O6/c1-51-38-21-22-39(52-2)34(27-38)23-24-45-42(50)43(28-35-11-6-7-12-36(35)29-46-48-44)40(32-15-13-31(14-16-32)30-9-4-3-5-10-30)54-41(47-43)33-17-19-37(20-18-33)53-26-8-25-49/h3-7,9-22,27,40,49H,8,23-26,28-29H2,1-2H3,(H,45,50)/t40-,43-/m1/s1. The molecule has 1 aliphatic rings. The van der Waals surface area contributed by atoms with Crippen molar-refractivity contribution in [3.8, 4) is 28.4 Å². The maximum Gasteiger partial charge on any atom is 0.252 e. The Morgan fingerprint density at radius 1 is 0.852 bits per heavy atom. The van der Waals surface area contributed by atoms with Crippen LogP contribution in [0.4, 0.5) is 0 Å². The van der Waals surface area contributed by atoms with Crippen LogP contribution < -0.4 is 19.5 Å². The zero-order valence-electron chi connectivity index (χ0n) is 30.4. The van der Waals surface area contributed by atoms with E-state index in [1.165, 1.54) is 0 Å². The van der Waals surface area contributed by atoms with Gasteiger partial charge in [-0.2, -0.15) is 0 Å². The van der Waals surface area contributed by atoms with E-state index in [0.29, 0.717) is 48.2 Å². The first-order chi connectivity index (χ1) is 26.5. The van der Waals surface area contributed by atoms with Crippen LogP contribution in [0.5, 0.6) is 17.2 Å². The molecule has 5 aromatic carbocycles. The van der Waals surface area contributed by atoms with Crippen LogP contribution in [0.1, 0.15) is 40.3 Å². The van der Waals surface area contributed by atoms with Crippen molar-refractivity contribution in [2.24, 2.45) is 10.1 Å². The number of methoxy groups -OCH3 is 2. The van der Waals surface area contributed by atoms with Gasteiger partial charge in [-0.25, -0.2) is 4.99 Å². The minimum Gasteiger partial charge on any atom is -0.497 e. The van der Waals surface area contributed by atoms with Gasteiger partial charge in [-0.05, 0) is 87.8 Å². The van der Waals surface area contributed by atoms with E-state index in [-0.39, 0.29) is 32.0 Å². The molecule has 0 radical (unpaired) electrons.